The largest absolute Gasteiger partial charge is 0.315 e. The molecule has 1 aliphatic heterocycles. The van der Waals surface area contributed by atoms with Gasteiger partial charge in [0.15, 0.2) is 9.84 Å². The van der Waals surface area contributed by atoms with Crippen molar-refractivity contribution in [3.63, 3.8) is 0 Å². The van der Waals surface area contributed by atoms with Crippen molar-refractivity contribution in [2.45, 2.75) is 42.5 Å². The summed E-state index contributed by atoms with van der Waals surface area (Å²) >= 11 is 0. The first kappa shape index (κ1) is 18.4. The van der Waals surface area contributed by atoms with Gasteiger partial charge in [0.2, 0.25) is 10.0 Å². The molecule has 0 amide bonds. The normalized spacial score (nSPS) is 19.3. The smallest absolute Gasteiger partial charge is 0.243 e. The average molecular weight is 361 g/mol. The van der Waals surface area contributed by atoms with Crippen LogP contribution >= 0.6 is 0 Å². The van der Waals surface area contributed by atoms with Gasteiger partial charge in [-0.25, -0.2) is 16.8 Å². The first-order chi connectivity index (χ1) is 10.8. The summed E-state index contributed by atoms with van der Waals surface area (Å²) in [5.74, 6) is -0.0538. The monoisotopic (exact) mass is 360 g/mol. The number of sulfonamides is 1. The number of nitrogens with zero attached hydrogens (tertiary/aromatic N) is 1. The number of nitrogens with one attached hydrogen (secondary N) is 1. The minimum Gasteiger partial charge on any atom is -0.315 e. The second-order valence-corrected chi connectivity index (χ2v) is 9.81. The van der Waals surface area contributed by atoms with Crippen molar-refractivity contribution in [3.8, 4) is 0 Å². The third-order valence-electron chi connectivity index (χ3n) is 4.04. The number of sulfone groups is 1. The van der Waals surface area contributed by atoms with Crippen molar-refractivity contribution in [1.82, 2.24) is 9.62 Å². The van der Waals surface area contributed by atoms with Crippen LogP contribution in [0, 0.1) is 0 Å². The predicted octanol–water partition coefficient (Wildman–Crippen LogP) is 1.24. The zero-order chi connectivity index (χ0) is 17.1. The first-order valence-electron chi connectivity index (χ1n) is 7.88. The second kappa shape index (κ2) is 7.29. The Morgan fingerprint density at radius 3 is 2.43 bits per heavy atom. The SMILES string of the molecule is CCCN(C1CCNC1)S(=O)(=O)c1cccc(S(=O)(=O)CC)c1. The fraction of sp³-hybridized carbons (Fsp3) is 0.600. The van der Waals surface area contributed by atoms with E-state index in [0.29, 0.717) is 19.5 Å². The number of hydrogen-bond acceptors (Lipinski definition) is 5. The van der Waals surface area contributed by atoms with Gasteiger partial charge in [-0.3, -0.25) is 0 Å². The van der Waals surface area contributed by atoms with Gasteiger partial charge in [-0.05, 0) is 37.6 Å². The summed E-state index contributed by atoms with van der Waals surface area (Å²) in [6.07, 6.45) is 1.48. The minimum absolute atomic E-state index is 0.0485. The number of benzene rings is 1. The molecule has 1 atom stereocenters. The lowest BCUT2D eigenvalue weighted by Crippen LogP contribution is -2.42. The van der Waals surface area contributed by atoms with Gasteiger partial charge in [-0.1, -0.05) is 19.9 Å². The summed E-state index contributed by atoms with van der Waals surface area (Å²) in [5.41, 5.74) is 0. The van der Waals surface area contributed by atoms with E-state index in [1.54, 1.807) is 6.92 Å². The number of rotatable bonds is 7. The Bertz CT molecular complexity index is 738. The molecule has 0 radical (unpaired) electrons. The highest BCUT2D eigenvalue weighted by Crippen LogP contribution is 2.24. The van der Waals surface area contributed by atoms with E-state index in [-0.39, 0.29) is 21.6 Å². The van der Waals surface area contributed by atoms with Crippen LogP contribution in [0.3, 0.4) is 0 Å². The van der Waals surface area contributed by atoms with Gasteiger partial charge < -0.3 is 5.32 Å². The van der Waals surface area contributed by atoms with Crippen LogP contribution in [-0.4, -0.2) is 52.6 Å². The lowest BCUT2D eigenvalue weighted by molar-refractivity contribution is 0.335. The van der Waals surface area contributed by atoms with Gasteiger partial charge in [0.25, 0.3) is 0 Å². The zero-order valence-corrected chi connectivity index (χ0v) is 15.2. The van der Waals surface area contributed by atoms with E-state index in [1.165, 1.54) is 28.6 Å². The number of hydrogen-bond donors (Lipinski definition) is 1. The summed E-state index contributed by atoms with van der Waals surface area (Å²) in [4.78, 5) is 0.106. The van der Waals surface area contributed by atoms with Crippen LogP contribution in [0.5, 0.6) is 0 Å². The molecule has 1 fully saturated rings. The third-order valence-corrected chi connectivity index (χ3v) is 7.72. The van der Waals surface area contributed by atoms with E-state index in [9.17, 15) is 16.8 Å². The van der Waals surface area contributed by atoms with Crippen LogP contribution in [0.25, 0.3) is 0 Å². The highest BCUT2D eigenvalue weighted by atomic mass is 32.2. The third kappa shape index (κ3) is 3.93. The molecule has 0 aromatic heterocycles. The van der Waals surface area contributed by atoms with Crippen molar-refractivity contribution in [2.24, 2.45) is 0 Å². The lowest BCUT2D eigenvalue weighted by atomic mass is 10.2. The summed E-state index contributed by atoms with van der Waals surface area (Å²) in [6, 6.07) is 5.60. The van der Waals surface area contributed by atoms with E-state index in [0.717, 1.165) is 13.0 Å². The van der Waals surface area contributed by atoms with Gasteiger partial charge in [0.05, 0.1) is 15.5 Å². The van der Waals surface area contributed by atoms with Crippen LogP contribution in [0.1, 0.15) is 26.7 Å². The maximum atomic E-state index is 13.0. The van der Waals surface area contributed by atoms with Crippen LogP contribution < -0.4 is 5.32 Å². The maximum absolute atomic E-state index is 13.0. The second-order valence-electron chi connectivity index (χ2n) is 5.64. The molecule has 130 valence electrons. The molecule has 0 saturated carbocycles. The van der Waals surface area contributed by atoms with Crippen molar-refractivity contribution in [2.75, 3.05) is 25.4 Å². The van der Waals surface area contributed by atoms with Crippen molar-refractivity contribution < 1.29 is 16.8 Å². The van der Waals surface area contributed by atoms with Gasteiger partial charge in [-0.2, -0.15) is 4.31 Å². The Labute approximate surface area is 138 Å². The summed E-state index contributed by atoms with van der Waals surface area (Å²) in [6.45, 7) is 5.34. The van der Waals surface area contributed by atoms with E-state index in [2.05, 4.69) is 5.32 Å². The Balaban J connectivity index is 2.43. The molecule has 8 heteroatoms. The zero-order valence-electron chi connectivity index (χ0n) is 13.5. The predicted molar refractivity (Wildman–Crippen MR) is 89.6 cm³/mol. The Morgan fingerprint density at radius 2 is 1.87 bits per heavy atom. The molecule has 1 aliphatic rings. The van der Waals surface area contributed by atoms with E-state index in [1.807, 2.05) is 6.92 Å². The van der Waals surface area contributed by atoms with Gasteiger partial charge in [0, 0.05) is 19.1 Å². The van der Waals surface area contributed by atoms with Gasteiger partial charge >= 0.3 is 0 Å². The molecule has 0 bridgehead atoms. The fourth-order valence-corrected chi connectivity index (χ4v) is 5.53. The van der Waals surface area contributed by atoms with Gasteiger partial charge in [0.1, 0.15) is 0 Å². The van der Waals surface area contributed by atoms with E-state index in [4.69, 9.17) is 0 Å². The highest BCUT2D eigenvalue weighted by Gasteiger charge is 2.33. The van der Waals surface area contributed by atoms with Gasteiger partial charge in [-0.15, -0.1) is 0 Å². The minimum atomic E-state index is -3.71. The topological polar surface area (TPSA) is 83.6 Å². The molecule has 23 heavy (non-hydrogen) atoms. The van der Waals surface area contributed by atoms with Crippen molar-refractivity contribution in [1.29, 1.82) is 0 Å². The standard InChI is InChI=1S/C15H24N2O4S2/c1-3-10-17(13-8-9-16-12-13)23(20,21)15-7-5-6-14(11-15)22(18,19)4-2/h5-7,11,13,16H,3-4,8-10,12H2,1-2H3. The van der Waals surface area contributed by atoms with E-state index >= 15 is 0 Å². The first-order valence-corrected chi connectivity index (χ1v) is 11.0. The molecule has 0 spiro atoms. The lowest BCUT2D eigenvalue weighted by Gasteiger charge is -2.27. The molecular formula is C15H24N2O4S2. The summed E-state index contributed by atoms with van der Waals surface area (Å²) < 4.78 is 51.5. The Kier molecular flexibility index (Phi) is 5.83. The fourth-order valence-electron chi connectivity index (χ4n) is 2.73. The maximum Gasteiger partial charge on any atom is 0.243 e. The molecule has 6 nitrogen and oxygen atoms in total. The van der Waals surface area contributed by atoms with Crippen LogP contribution in [0.4, 0.5) is 0 Å². The molecular weight excluding hydrogens is 336 g/mol. The highest BCUT2D eigenvalue weighted by molar-refractivity contribution is 7.91. The van der Waals surface area contributed by atoms with E-state index < -0.39 is 19.9 Å². The molecule has 1 unspecified atom stereocenters. The Morgan fingerprint density at radius 1 is 1.17 bits per heavy atom. The summed E-state index contributed by atoms with van der Waals surface area (Å²) in [5, 5.41) is 3.18. The molecule has 1 N–H and O–H groups in total. The average Bonchev–Trinajstić information content (AvgIpc) is 3.06. The molecule has 0 aliphatic carbocycles. The van der Waals surface area contributed by atoms with Crippen LogP contribution in [-0.2, 0) is 19.9 Å². The molecule has 2 rings (SSSR count). The van der Waals surface area contributed by atoms with Crippen LogP contribution in [0.15, 0.2) is 34.1 Å². The molecule has 1 aromatic rings. The summed E-state index contributed by atoms with van der Waals surface area (Å²) in [7, 11) is -7.14. The van der Waals surface area contributed by atoms with Crippen LogP contribution in [0.2, 0.25) is 0 Å². The molecule has 1 heterocycles. The van der Waals surface area contributed by atoms with Crippen molar-refractivity contribution >= 4 is 19.9 Å². The quantitative estimate of drug-likeness (QED) is 0.791. The van der Waals surface area contributed by atoms with Crippen molar-refractivity contribution in [3.05, 3.63) is 24.3 Å². The molecule has 1 aromatic carbocycles. The Hall–Kier alpha value is -0.960. The molecule has 1 saturated heterocycles.